The van der Waals surface area contributed by atoms with Gasteiger partial charge in [0.25, 0.3) is 0 Å². The van der Waals surface area contributed by atoms with Gasteiger partial charge >= 0.3 is 0 Å². The van der Waals surface area contributed by atoms with E-state index in [0.29, 0.717) is 5.56 Å². The Bertz CT molecular complexity index is 523. The molecule has 0 atom stereocenters. The summed E-state index contributed by atoms with van der Waals surface area (Å²) in [7, 11) is 0. The molecule has 1 N–H and O–H groups in total. The van der Waals surface area contributed by atoms with Crippen LogP contribution >= 0.6 is 0 Å². The molecule has 17 heavy (non-hydrogen) atoms. The summed E-state index contributed by atoms with van der Waals surface area (Å²) in [5, 5.41) is 20.0. The Kier molecular flexibility index (Phi) is 3.31. The van der Waals surface area contributed by atoms with Crippen molar-refractivity contribution in [2.45, 2.75) is 6.92 Å². The van der Waals surface area contributed by atoms with Gasteiger partial charge in [-0.05, 0) is 31.2 Å². The van der Waals surface area contributed by atoms with E-state index in [2.05, 4.69) is 21.6 Å². The minimum absolute atomic E-state index is 0.644. The summed E-state index contributed by atoms with van der Waals surface area (Å²) in [6.45, 7) is 2.83. The molecule has 0 aliphatic carbocycles. The van der Waals surface area contributed by atoms with Gasteiger partial charge in [-0.2, -0.15) is 5.26 Å². The number of nitrogens with zero attached hydrogens (tertiary/aromatic N) is 3. The molecule has 0 saturated heterocycles. The van der Waals surface area contributed by atoms with Gasteiger partial charge in [0, 0.05) is 12.1 Å². The van der Waals surface area contributed by atoms with Gasteiger partial charge in [-0.15, -0.1) is 10.2 Å². The van der Waals surface area contributed by atoms with E-state index in [1.54, 1.807) is 12.1 Å². The summed E-state index contributed by atoms with van der Waals surface area (Å²) in [6.07, 6.45) is 0. The van der Waals surface area contributed by atoms with Gasteiger partial charge in [-0.1, -0.05) is 12.1 Å². The largest absolute Gasteiger partial charge is 0.369 e. The van der Waals surface area contributed by atoms with Gasteiger partial charge in [0.2, 0.25) is 0 Å². The number of anilines is 1. The van der Waals surface area contributed by atoms with Crippen LogP contribution < -0.4 is 5.32 Å². The lowest BCUT2D eigenvalue weighted by atomic mass is 10.1. The average Bonchev–Trinajstić information content (AvgIpc) is 2.40. The van der Waals surface area contributed by atoms with Crippen molar-refractivity contribution in [1.82, 2.24) is 10.2 Å². The minimum atomic E-state index is 0.644. The fourth-order valence-electron chi connectivity index (χ4n) is 1.48. The maximum atomic E-state index is 8.71. The molecule has 4 heteroatoms. The molecule has 1 heterocycles. The van der Waals surface area contributed by atoms with Gasteiger partial charge in [-0.25, -0.2) is 0 Å². The molecular weight excluding hydrogens is 212 g/mol. The third-order valence-electron chi connectivity index (χ3n) is 2.33. The summed E-state index contributed by atoms with van der Waals surface area (Å²) in [5.74, 6) is 0.768. The van der Waals surface area contributed by atoms with Crippen LogP contribution in [0.5, 0.6) is 0 Å². The molecule has 0 amide bonds. The number of benzene rings is 1. The molecule has 1 aromatic heterocycles. The van der Waals surface area contributed by atoms with E-state index in [4.69, 9.17) is 5.26 Å². The monoisotopic (exact) mass is 224 g/mol. The lowest BCUT2D eigenvalue weighted by Crippen LogP contribution is -2.00. The van der Waals surface area contributed by atoms with Crippen molar-refractivity contribution in [2.24, 2.45) is 0 Å². The lowest BCUT2D eigenvalue weighted by Gasteiger charge is -2.03. The second-order valence-electron chi connectivity index (χ2n) is 3.52. The van der Waals surface area contributed by atoms with Gasteiger partial charge < -0.3 is 5.32 Å². The van der Waals surface area contributed by atoms with Crippen molar-refractivity contribution < 1.29 is 0 Å². The first kappa shape index (κ1) is 11.1. The summed E-state index contributed by atoms with van der Waals surface area (Å²) in [4.78, 5) is 0. The first-order chi connectivity index (χ1) is 8.33. The number of hydrogen-bond donors (Lipinski definition) is 1. The SMILES string of the molecule is CCNc1ccc(-c2ccc(C#N)cc2)nn1. The molecule has 4 nitrogen and oxygen atoms in total. The van der Waals surface area contributed by atoms with Gasteiger partial charge in [-0.3, -0.25) is 0 Å². The highest BCUT2D eigenvalue weighted by molar-refractivity contribution is 5.60. The van der Waals surface area contributed by atoms with Crippen LogP contribution in [-0.4, -0.2) is 16.7 Å². The second kappa shape index (κ2) is 5.08. The van der Waals surface area contributed by atoms with Crippen molar-refractivity contribution in [3.63, 3.8) is 0 Å². The molecule has 0 unspecified atom stereocenters. The van der Waals surface area contributed by atoms with Crippen LogP contribution in [-0.2, 0) is 0 Å². The van der Waals surface area contributed by atoms with Crippen LogP contribution in [0.2, 0.25) is 0 Å². The zero-order valence-electron chi connectivity index (χ0n) is 9.51. The lowest BCUT2D eigenvalue weighted by molar-refractivity contribution is 1.02. The van der Waals surface area contributed by atoms with E-state index >= 15 is 0 Å². The minimum Gasteiger partial charge on any atom is -0.369 e. The zero-order chi connectivity index (χ0) is 12.1. The van der Waals surface area contributed by atoms with Crippen LogP contribution in [0.4, 0.5) is 5.82 Å². The number of aromatic nitrogens is 2. The maximum absolute atomic E-state index is 8.71. The normalized spacial score (nSPS) is 9.65. The number of nitriles is 1. The van der Waals surface area contributed by atoms with Crippen LogP contribution in [0.15, 0.2) is 36.4 Å². The number of hydrogen-bond acceptors (Lipinski definition) is 4. The van der Waals surface area contributed by atoms with Crippen molar-refractivity contribution in [3.05, 3.63) is 42.0 Å². The van der Waals surface area contributed by atoms with Crippen LogP contribution in [0, 0.1) is 11.3 Å². The standard InChI is InChI=1S/C13H12N4/c1-2-15-13-8-7-12(16-17-13)11-5-3-10(9-14)4-6-11/h3-8H,2H2,1H3,(H,15,17). The molecule has 2 rings (SSSR count). The van der Waals surface area contributed by atoms with E-state index in [1.165, 1.54) is 0 Å². The molecule has 0 aliphatic rings. The van der Waals surface area contributed by atoms with Crippen LogP contribution in [0.3, 0.4) is 0 Å². The third kappa shape index (κ3) is 2.58. The highest BCUT2D eigenvalue weighted by Gasteiger charge is 2.00. The predicted octanol–water partition coefficient (Wildman–Crippen LogP) is 2.45. The second-order valence-corrected chi connectivity index (χ2v) is 3.52. The van der Waals surface area contributed by atoms with Gasteiger partial charge in [0.15, 0.2) is 0 Å². The smallest absolute Gasteiger partial charge is 0.148 e. The molecule has 0 aliphatic heterocycles. The van der Waals surface area contributed by atoms with E-state index < -0.39 is 0 Å². The highest BCUT2D eigenvalue weighted by atomic mass is 15.2. The molecule has 2 aromatic rings. The Balaban J connectivity index is 2.24. The van der Waals surface area contributed by atoms with E-state index in [1.807, 2.05) is 31.2 Å². The Morgan fingerprint density at radius 3 is 2.41 bits per heavy atom. The Morgan fingerprint density at radius 1 is 1.12 bits per heavy atom. The topological polar surface area (TPSA) is 61.6 Å². The summed E-state index contributed by atoms with van der Waals surface area (Å²) in [5.41, 5.74) is 2.40. The average molecular weight is 224 g/mol. The molecule has 0 radical (unpaired) electrons. The molecule has 1 aromatic carbocycles. The molecule has 0 spiro atoms. The third-order valence-corrected chi connectivity index (χ3v) is 2.33. The Morgan fingerprint density at radius 2 is 1.88 bits per heavy atom. The van der Waals surface area contributed by atoms with Crippen molar-refractivity contribution >= 4 is 5.82 Å². The first-order valence-electron chi connectivity index (χ1n) is 5.41. The molecule has 84 valence electrons. The Labute approximate surface area is 99.9 Å². The Hall–Kier alpha value is -2.41. The summed E-state index contributed by atoms with van der Waals surface area (Å²) < 4.78 is 0. The summed E-state index contributed by atoms with van der Waals surface area (Å²) in [6, 6.07) is 13.2. The van der Waals surface area contributed by atoms with Crippen LogP contribution in [0.1, 0.15) is 12.5 Å². The first-order valence-corrected chi connectivity index (χ1v) is 5.41. The highest BCUT2D eigenvalue weighted by Crippen LogP contribution is 2.17. The summed E-state index contributed by atoms with van der Waals surface area (Å²) >= 11 is 0. The maximum Gasteiger partial charge on any atom is 0.148 e. The van der Waals surface area contributed by atoms with Gasteiger partial charge in [0.05, 0.1) is 17.3 Å². The van der Waals surface area contributed by atoms with E-state index in [9.17, 15) is 0 Å². The fraction of sp³-hybridized carbons (Fsp3) is 0.154. The van der Waals surface area contributed by atoms with Crippen molar-refractivity contribution in [3.8, 4) is 17.3 Å². The fourth-order valence-corrected chi connectivity index (χ4v) is 1.48. The zero-order valence-corrected chi connectivity index (χ0v) is 9.51. The van der Waals surface area contributed by atoms with Gasteiger partial charge in [0.1, 0.15) is 5.82 Å². The number of nitrogens with one attached hydrogen (secondary N) is 1. The predicted molar refractivity (Wildman–Crippen MR) is 66.3 cm³/mol. The van der Waals surface area contributed by atoms with Crippen LogP contribution in [0.25, 0.3) is 11.3 Å². The molecule has 0 bridgehead atoms. The number of rotatable bonds is 3. The molecule has 0 fully saturated rings. The molecular formula is C13H12N4. The molecule has 0 saturated carbocycles. The van der Waals surface area contributed by atoms with Crippen molar-refractivity contribution in [2.75, 3.05) is 11.9 Å². The van der Waals surface area contributed by atoms with E-state index in [0.717, 1.165) is 23.6 Å². The van der Waals surface area contributed by atoms with E-state index in [-0.39, 0.29) is 0 Å². The van der Waals surface area contributed by atoms with Crippen molar-refractivity contribution in [1.29, 1.82) is 5.26 Å². The quantitative estimate of drug-likeness (QED) is 0.869.